The molecule has 0 heterocycles. The van der Waals surface area contributed by atoms with Crippen LogP contribution in [0.25, 0.3) is 0 Å². The van der Waals surface area contributed by atoms with Crippen LogP contribution in [0.15, 0.2) is 12.1 Å². The number of carboxylic acid groups (broad SMARTS) is 1. The Balaban J connectivity index is 2.57. The Hall–Kier alpha value is -2.81. The lowest BCUT2D eigenvalue weighted by molar-refractivity contribution is -0.142. The molecule has 1 aromatic carbocycles. The molecule has 30 heavy (non-hydrogen) atoms. The highest BCUT2D eigenvalue weighted by atomic mass is 16.6. The van der Waals surface area contributed by atoms with E-state index in [2.05, 4.69) is 10.6 Å². The first-order valence-electron chi connectivity index (χ1n) is 9.85. The zero-order valence-electron chi connectivity index (χ0n) is 18.2. The van der Waals surface area contributed by atoms with Gasteiger partial charge in [-0.3, -0.25) is 4.79 Å². The number of hydrogen-bond donors (Lipinski definition) is 5. The molecule has 0 saturated carbocycles. The number of amides is 2. The van der Waals surface area contributed by atoms with Crippen LogP contribution in [0, 0.1) is 13.8 Å². The molecule has 1 aromatic rings. The Bertz CT molecular complexity index is 749. The number of phenols is 1. The van der Waals surface area contributed by atoms with Gasteiger partial charge in [-0.1, -0.05) is 0 Å². The van der Waals surface area contributed by atoms with Crippen LogP contribution in [0.2, 0.25) is 0 Å². The normalized spacial score (nSPS) is 13.3. The largest absolute Gasteiger partial charge is 0.508 e. The molecule has 0 aromatic heterocycles. The van der Waals surface area contributed by atoms with Crippen LogP contribution in [-0.4, -0.2) is 52.4 Å². The molecule has 0 bridgehead atoms. The molecule has 0 aliphatic heterocycles. The van der Waals surface area contributed by atoms with Gasteiger partial charge in [0.1, 0.15) is 17.4 Å². The number of carboxylic acids is 1. The van der Waals surface area contributed by atoms with Gasteiger partial charge in [0.2, 0.25) is 5.91 Å². The second-order valence-corrected chi connectivity index (χ2v) is 8.34. The number of nitrogens with one attached hydrogen (secondary N) is 2. The summed E-state index contributed by atoms with van der Waals surface area (Å²) >= 11 is 0. The van der Waals surface area contributed by atoms with Gasteiger partial charge in [-0.25, -0.2) is 9.59 Å². The summed E-state index contributed by atoms with van der Waals surface area (Å²) < 4.78 is 5.11. The third-order valence-electron chi connectivity index (χ3n) is 4.40. The zero-order chi connectivity index (χ0) is 23.1. The molecule has 0 spiro atoms. The first-order valence-corrected chi connectivity index (χ1v) is 9.85. The lowest BCUT2D eigenvalue weighted by Gasteiger charge is -2.21. The molecular formula is C21H33N3O6. The van der Waals surface area contributed by atoms with Gasteiger partial charge in [0.05, 0.1) is 6.04 Å². The summed E-state index contributed by atoms with van der Waals surface area (Å²) in [5, 5.41) is 24.2. The van der Waals surface area contributed by atoms with E-state index in [0.717, 1.165) is 16.7 Å². The van der Waals surface area contributed by atoms with Crippen molar-refractivity contribution in [3.8, 4) is 5.75 Å². The standard InChI is InChI=1S/C21H33N3O6/c1-12-9-14(25)10-13(2)15(12)11-17(19(27)28)24-18(26)16(22)7-6-8-23-20(29)30-21(3,4)5/h9-10,16-17,25H,6-8,11,22H2,1-5H3,(H,23,29)(H,24,26)(H,27,28)/t16-,17+/m1/s1. The maximum absolute atomic E-state index is 12.3. The minimum Gasteiger partial charge on any atom is -0.508 e. The number of hydrogen-bond acceptors (Lipinski definition) is 6. The maximum atomic E-state index is 12.3. The highest BCUT2D eigenvalue weighted by Gasteiger charge is 2.25. The number of rotatable bonds is 9. The Morgan fingerprint density at radius 2 is 1.73 bits per heavy atom. The van der Waals surface area contributed by atoms with Crippen LogP contribution in [0.1, 0.15) is 50.3 Å². The molecule has 2 atom stereocenters. The summed E-state index contributed by atoms with van der Waals surface area (Å²) in [6.07, 6.45) is 0.227. The average molecular weight is 424 g/mol. The van der Waals surface area contributed by atoms with Crippen molar-refractivity contribution >= 4 is 18.0 Å². The van der Waals surface area contributed by atoms with Gasteiger partial charge < -0.3 is 31.3 Å². The number of carbonyl (C=O) groups excluding carboxylic acids is 2. The van der Waals surface area contributed by atoms with E-state index in [1.54, 1.807) is 46.8 Å². The highest BCUT2D eigenvalue weighted by Crippen LogP contribution is 2.22. The van der Waals surface area contributed by atoms with E-state index in [9.17, 15) is 24.6 Å². The zero-order valence-corrected chi connectivity index (χ0v) is 18.2. The minimum atomic E-state index is -1.17. The number of carbonyl (C=O) groups is 3. The second kappa shape index (κ2) is 10.8. The third-order valence-corrected chi connectivity index (χ3v) is 4.40. The van der Waals surface area contributed by atoms with E-state index < -0.39 is 35.7 Å². The molecule has 0 radical (unpaired) electrons. The molecule has 168 valence electrons. The Morgan fingerprint density at radius 1 is 1.17 bits per heavy atom. The van der Waals surface area contributed by atoms with E-state index in [0.29, 0.717) is 6.42 Å². The number of nitrogens with two attached hydrogens (primary N) is 1. The molecule has 0 unspecified atom stereocenters. The van der Waals surface area contributed by atoms with Crippen LogP contribution in [0.4, 0.5) is 4.79 Å². The first-order chi connectivity index (χ1) is 13.8. The summed E-state index contributed by atoms with van der Waals surface area (Å²) in [6.45, 7) is 9.09. The summed E-state index contributed by atoms with van der Waals surface area (Å²) in [7, 11) is 0. The monoisotopic (exact) mass is 423 g/mol. The van der Waals surface area contributed by atoms with Crippen LogP contribution in [0.5, 0.6) is 5.75 Å². The van der Waals surface area contributed by atoms with E-state index in [1.807, 2.05) is 0 Å². The number of aromatic hydroxyl groups is 1. The minimum absolute atomic E-state index is 0.0753. The van der Waals surface area contributed by atoms with Crippen molar-refractivity contribution in [2.45, 2.75) is 71.6 Å². The lowest BCUT2D eigenvalue weighted by Crippen LogP contribution is -2.49. The fourth-order valence-corrected chi connectivity index (χ4v) is 2.93. The average Bonchev–Trinajstić information content (AvgIpc) is 2.58. The first kappa shape index (κ1) is 25.2. The van der Waals surface area contributed by atoms with Crippen molar-refractivity contribution in [1.82, 2.24) is 10.6 Å². The highest BCUT2D eigenvalue weighted by molar-refractivity contribution is 5.87. The van der Waals surface area contributed by atoms with Gasteiger partial charge in [-0.05, 0) is 76.3 Å². The number of aryl methyl sites for hydroxylation is 2. The molecular weight excluding hydrogens is 390 g/mol. The van der Waals surface area contributed by atoms with Crippen molar-refractivity contribution in [2.75, 3.05) is 6.54 Å². The number of phenolic OH excluding ortho intramolecular Hbond substituents is 1. The van der Waals surface area contributed by atoms with Crippen LogP contribution in [-0.2, 0) is 20.7 Å². The fraction of sp³-hybridized carbons (Fsp3) is 0.571. The molecule has 0 aliphatic carbocycles. The molecule has 0 saturated heterocycles. The number of benzene rings is 1. The van der Waals surface area contributed by atoms with E-state index in [1.165, 1.54) is 0 Å². The molecule has 2 amide bonds. The van der Waals surface area contributed by atoms with Crippen molar-refractivity contribution < 1.29 is 29.3 Å². The molecule has 0 fully saturated rings. The third kappa shape index (κ3) is 8.69. The van der Waals surface area contributed by atoms with Crippen molar-refractivity contribution in [1.29, 1.82) is 0 Å². The molecule has 9 heteroatoms. The summed E-state index contributed by atoms with van der Waals surface area (Å²) in [4.78, 5) is 35.6. The fourth-order valence-electron chi connectivity index (χ4n) is 2.93. The summed E-state index contributed by atoms with van der Waals surface area (Å²) in [5.41, 5.74) is 7.51. The Morgan fingerprint density at radius 3 is 2.23 bits per heavy atom. The van der Waals surface area contributed by atoms with Gasteiger partial charge in [0.25, 0.3) is 0 Å². The number of ether oxygens (including phenoxy) is 1. The smallest absolute Gasteiger partial charge is 0.407 e. The van der Waals surface area contributed by atoms with Crippen molar-refractivity contribution in [3.05, 3.63) is 28.8 Å². The summed E-state index contributed by atoms with van der Waals surface area (Å²) in [5.74, 6) is -1.64. The van der Waals surface area contributed by atoms with Crippen LogP contribution < -0.4 is 16.4 Å². The predicted molar refractivity (Wildman–Crippen MR) is 112 cm³/mol. The van der Waals surface area contributed by atoms with Gasteiger partial charge in [0.15, 0.2) is 0 Å². The van der Waals surface area contributed by atoms with Gasteiger partial charge in [-0.2, -0.15) is 0 Å². The summed E-state index contributed by atoms with van der Waals surface area (Å²) in [6, 6.07) is 1.04. The van der Waals surface area contributed by atoms with Crippen LogP contribution in [0.3, 0.4) is 0 Å². The molecule has 1 rings (SSSR count). The van der Waals surface area contributed by atoms with Crippen LogP contribution >= 0.6 is 0 Å². The SMILES string of the molecule is Cc1cc(O)cc(C)c1C[C@H](NC(=O)[C@H](N)CCCNC(=O)OC(C)(C)C)C(=O)O. The lowest BCUT2D eigenvalue weighted by atomic mass is 9.95. The van der Waals surface area contributed by atoms with E-state index in [4.69, 9.17) is 10.5 Å². The van der Waals surface area contributed by atoms with Gasteiger partial charge in [-0.15, -0.1) is 0 Å². The number of aliphatic carboxylic acids is 1. The quantitative estimate of drug-likeness (QED) is 0.380. The predicted octanol–water partition coefficient (Wildman–Crippen LogP) is 1.75. The van der Waals surface area contributed by atoms with E-state index in [-0.39, 0.29) is 25.1 Å². The number of alkyl carbamates (subject to hydrolysis) is 1. The van der Waals surface area contributed by atoms with Crippen molar-refractivity contribution in [2.24, 2.45) is 5.73 Å². The Labute approximate surface area is 177 Å². The topological polar surface area (TPSA) is 151 Å². The molecule has 9 nitrogen and oxygen atoms in total. The van der Waals surface area contributed by atoms with Gasteiger partial charge >= 0.3 is 12.1 Å². The maximum Gasteiger partial charge on any atom is 0.407 e. The molecule has 0 aliphatic rings. The molecule has 6 N–H and O–H groups in total. The van der Waals surface area contributed by atoms with Crippen molar-refractivity contribution in [3.63, 3.8) is 0 Å². The second-order valence-electron chi connectivity index (χ2n) is 8.34. The Kier molecular flexibility index (Phi) is 9.10. The van der Waals surface area contributed by atoms with Gasteiger partial charge in [0, 0.05) is 13.0 Å². The van der Waals surface area contributed by atoms with E-state index >= 15 is 0 Å².